The van der Waals surface area contributed by atoms with Crippen LogP contribution >= 0.6 is 0 Å². The lowest BCUT2D eigenvalue weighted by Gasteiger charge is -2.35. The normalized spacial score (nSPS) is 21.3. The zero-order chi connectivity index (χ0) is 28.2. The van der Waals surface area contributed by atoms with Gasteiger partial charge in [0.2, 0.25) is 5.91 Å². The van der Waals surface area contributed by atoms with E-state index in [0.717, 1.165) is 30.5 Å². The van der Waals surface area contributed by atoms with Crippen molar-refractivity contribution in [3.8, 4) is 23.6 Å². The third-order valence-corrected chi connectivity index (χ3v) is 8.71. The molecule has 206 valence electrons. The molecule has 2 saturated carbocycles. The summed E-state index contributed by atoms with van der Waals surface area (Å²) in [6.07, 6.45) is 8.76. The smallest absolute Gasteiger partial charge is 0.273 e. The number of benzene rings is 2. The molecule has 1 N–H and O–H groups in total. The number of aromatic nitrogens is 3. The minimum absolute atomic E-state index is 0.0155. The van der Waals surface area contributed by atoms with E-state index < -0.39 is 5.82 Å². The molecule has 3 atom stereocenters. The lowest BCUT2D eigenvalue weighted by Crippen LogP contribution is -2.39. The molecule has 0 radical (unpaired) electrons. The van der Waals surface area contributed by atoms with Gasteiger partial charge < -0.3 is 10.2 Å². The minimum atomic E-state index is -0.398. The monoisotopic (exact) mass is 547 g/mol. The van der Waals surface area contributed by atoms with E-state index in [1.165, 1.54) is 17.2 Å². The van der Waals surface area contributed by atoms with Crippen LogP contribution in [0.25, 0.3) is 16.9 Å². The van der Waals surface area contributed by atoms with Crippen molar-refractivity contribution < 1.29 is 14.0 Å². The van der Waals surface area contributed by atoms with Crippen LogP contribution in [0, 0.1) is 24.1 Å². The van der Waals surface area contributed by atoms with Crippen LogP contribution in [0.2, 0.25) is 0 Å². The summed E-state index contributed by atoms with van der Waals surface area (Å²) in [5.41, 5.74) is 5.94. The van der Waals surface area contributed by atoms with Crippen molar-refractivity contribution in [2.45, 2.75) is 50.5 Å². The molecule has 7 rings (SSSR count). The maximum absolute atomic E-state index is 15.4. The van der Waals surface area contributed by atoms with E-state index in [1.807, 2.05) is 29.2 Å². The van der Waals surface area contributed by atoms with E-state index in [-0.39, 0.29) is 36.2 Å². The van der Waals surface area contributed by atoms with Gasteiger partial charge in [-0.25, -0.2) is 13.9 Å². The first-order valence-corrected chi connectivity index (χ1v) is 14.2. The first-order chi connectivity index (χ1) is 19.9. The lowest BCUT2D eigenvalue weighted by atomic mass is 9.93. The summed E-state index contributed by atoms with van der Waals surface area (Å²) in [6.45, 7) is 2.89. The quantitative estimate of drug-likeness (QED) is 0.344. The van der Waals surface area contributed by atoms with E-state index >= 15 is 4.39 Å². The second kappa shape index (κ2) is 9.84. The average molecular weight is 548 g/mol. The fourth-order valence-corrected chi connectivity index (χ4v) is 6.20. The van der Waals surface area contributed by atoms with Gasteiger partial charge in [0.05, 0.1) is 18.3 Å². The molecule has 2 aromatic carbocycles. The maximum Gasteiger partial charge on any atom is 0.273 e. The summed E-state index contributed by atoms with van der Waals surface area (Å²) >= 11 is 0. The third-order valence-electron chi connectivity index (χ3n) is 8.71. The summed E-state index contributed by atoms with van der Waals surface area (Å²) < 4.78 is 17.2. The maximum atomic E-state index is 15.4. The summed E-state index contributed by atoms with van der Waals surface area (Å²) in [6, 6.07) is 16.9. The predicted molar refractivity (Wildman–Crippen MR) is 153 cm³/mol. The molecule has 3 aliphatic rings. The SMILES string of the molecule is C#CCNC(=O)[C@H]1C[C@@H]1c1ccc(-c2cc3nc(C(=O)N4CCc5ccccc5[C@H]4C)cc(C4CC4)n3n2)c(F)c1. The highest BCUT2D eigenvalue weighted by atomic mass is 19.1. The van der Waals surface area contributed by atoms with Crippen molar-refractivity contribution in [3.05, 3.63) is 88.5 Å². The van der Waals surface area contributed by atoms with Crippen molar-refractivity contribution in [1.82, 2.24) is 24.8 Å². The van der Waals surface area contributed by atoms with Crippen LogP contribution < -0.4 is 5.32 Å². The Morgan fingerprint density at radius 2 is 1.98 bits per heavy atom. The first-order valence-electron chi connectivity index (χ1n) is 14.2. The molecule has 0 bridgehead atoms. The predicted octanol–water partition coefficient (Wildman–Crippen LogP) is 5.03. The molecule has 3 heterocycles. The van der Waals surface area contributed by atoms with Crippen molar-refractivity contribution >= 4 is 17.5 Å². The van der Waals surface area contributed by atoms with Crippen molar-refractivity contribution in [2.24, 2.45) is 5.92 Å². The zero-order valence-corrected chi connectivity index (χ0v) is 22.8. The third kappa shape index (κ3) is 4.55. The molecule has 8 heteroatoms. The highest BCUT2D eigenvalue weighted by Crippen LogP contribution is 2.48. The number of carbonyl (C=O) groups excluding carboxylic acids is 2. The van der Waals surface area contributed by atoms with Gasteiger partial charge in [0.15, 0.2) is 5.65 Å². The van der Waals surface area contributed by atoms with Crippen LogP contribution in [-0.4, -0.2) is 44.4 Å². The number of hydrogen-bond acceptors (Lipinski definition) is 4. The van der Waals surface area contributed by atoms with Gasteiger partial charge in [-0.1, -0.05) is 36.3 Å². The molecular weight excluding hydrogens is 517 g/mol. The Kier molecular flexibility index (Phi) is 6.11. The zero-order valence-electron chi connectivity index (χ0n) is 22.8. The number of amides is 2. The van der Waals surface area contributed by atoms with Gasteiger partial charge in [-0.15, -0.1) is 6.42 Å². The number of rotatable bonds is 6. The number of terminal acetylenes is 1. The van der Waals surface area contributed by atoms with Crippen LogP contribution in [0.4, 0.5) is 4.39 Å². The molecule has 41 heavy (non-hydrogen) atoms. The molecule has 7 nitrogen and oxygen atoms in total. The van der Waals surface area contributed by atoms with E-state index in [9.17, 15) is 9.59 Å². The highest BCUT2D eigenvalue weighted by molar-refractivity contribution is 5.93. The fraction of sp³-hybridized carbons (Fsp3) is 0.333. The van der Waals surface area contributed by atoms with E-state index in [4.69, 9.17) is 16.5 Å². The average Bonchev–Trinajstić information content (AvgIpc) is 3.92. The Bertz CT molecular complexity index is 1750. The van der Waals surface area contributed by atoms with Gasteiger partial charge in [-0.2, -0.15) is 5.10 Å². The van der Waals surface area contributed by atoms with Gasteiger partial charge in [-0.05, 0) is 73.4 Å². The number of carbonyl (C=O) groups is 2. The molecule has 2 amide bonds. The molecule has 0 unspecified atom stereocenters. The van der Waals surface area contributed by atoms with Gasteiger partial charge in [0, 0.05) is 35.7 Å². The Labute approximate surface area is 237 Å². The standard InChI is InChI=1S/C33H30FN5O2/c1-3-13-35-32(40)26-16-25(26)22-10-11-24(27(34)15-22)28-18-31-36-29(17-30(21-8-9-21)39(31)37-28)33(41)38-14-12-20-6-4-5-7-23(20)19(38)2/h1,4-7,10-11,15,17-19,21,25-26H,8-9,12-14,16H2,2H3,(H,35,40)/t19-,25-,26+/m1/s1. The highest BCUT2D eigenvalue weighted by Gasteiger charge is 2.44. The minimum Gasteiger partial charge on any atom is -0.345 e. The van der Waals surface area contributed by atoms with Crippen LogP contribution in [0.5, 0.6) is 0 Å². The van der Waals surface area contributed by atoms with Crippen molar-refractivity contribution in [2.75, 3.05) is 13.1 Å². The number of fused-ring (bicyclic) bond motifs is 2. The lowest BCUT2D eigenvalue weighted by molar-refractivity contribution is -0.122. The molecule has 2 fully saturated rings. The largest absolute Gasteiger partial charge is 0.345 e. The van der Waals surface area contributed by atoms with E-state index in [0.29, 0.717) is 41.5 Å². The molecule has 0 spiro atoms. The molecule has 0 saturated heterocycles. The van der Waals surface area contributed by atoms with Crippen molar-refractivity contribution in [1.29, 1.82) is 0 Å². The first kappa shape index (κ1) is 25.5. The molecular formula is C33H30FN5O2. The number of hydrogen-bond donors (Lipinski definition) is 1. The second-order valence-corrected chi connectivity index (χ2v) is 11.4. The van der Waals surface area contributed by atoms with Gasteiger partial charge in [0.1, 0.15) is 11.5 Å². The second-order valence-electron chi connectivity index (χ2n) is 11.4. The summed E-state index contributed by atoms with van der Waals surface area (Å²) in [7, 11) is 0. The summed E-state index contributed by atoms with van der Waals surface area (Å²) in [4.78, 5) is 32.6. The van der Waals surface area contributed by atoms with E-state index in [2.05, 4.69) is 30.3 Å². The number of halogens is 1. The Balaban J connectivity index is 1.18. The van der Waals surface area contributed by atoms with E-state index in [1.54, 1.807) is 16.6 Å². The number of nitrogens with one attached hydrogen (secondary N) is 1. The Morgan fingerprint density at radius 1 is 1.15 bits per heavy atom. The van der Waals surface area contributed by atoms with Crippen LogP contribution in [0.1, 0.15) is 76.9 Å². The summed E-state index contributed by atoms with van der Waals surface area (Å²) in [5, 5.41) is 7.44. The fourth-order valence-electron chi connectivity index (χ4n) is 6.20. The van der Waals surface area contributed by atoms with Crippen LogP contribution in [0.3, 0.4) is 0 Å². The summed E-state index contributed by atoms with van der Waals surface area (Å²) in [5.74, 6) is 1.92. The Hall–Kier alpha value is -4.51. The topological polar surface area (TPSA) is 79.6 Å². The molecule has 4 aromatic rings. The van der Waals surface area contributed by atoms with Crippen LogP contribution in [-0.2, 0) is 11.2 Å². The van der Waals surface area contributed by atoms with Gasteiger partial charge >= 0.3 is 0 Å². The van der Waals surface area contributed by atoms with Crippen LogP contribution in [0.15, 0.2) is 54.6 Å². The molecule has 2 aliphatic carbocycles. The van der Waals surface area contributed by atoms with Crippen molar-refractivity contribution in [3.63, 3.8) is 0 Å². The molecule has 1 aliphatic heterocycles. The van der Waals surface area contributed by atoms with Gasteiger partial charge in [-0.3, -0.25) is 9.59 Å². The number of nitrogens with zero attached hydrogens (tertiary/aromatic N) is 4. The molecule has 2 aromatic heterocycles. The Morgan fingerprint density at radius 3 is 2.76 bits per heavy atom. The van der Waals surface area contributed by atoms with Gasteiger partial charge in [0.25, 0.3) is 5.91 Å².